The fourth-order valence-corrected chi connectivity index (χ4v) is 4.10. The van der Waals surface area contributed by atoms with Gasteiger partial charge in [-0.05, 0) is 18.9 Å². The van der Waals surface area contributed by atoms with E-state index in [1.807, 2.05) is 6.92 Å². The Kier molecular flexibility index (Phi) is 6.27. The van der Waals surface area contributed by atoms with E-state index in [0.29, 0.717) is 24.0 Å². The van der Waals surface area contributed by atoms with E-state index in [0.717, 1.165) is 0 Å². The Morgan fingerprint density at radius 2 is 1.83 bits per heavy atom. The molecule has 0 saturated heterocycles. The quantitative estimate of drug-likeness (QED) is 0.538. The zero-order valence-corrected chi connectivity index (χ0v) is 18.2. The van der Waals surface area contributed by atoms with Crippen molar-refractivity contribution in [3.63, 3.8) is 0 Å². The van der Waals surface area contributed by atoms with Crippen LogP contribution in [0.15, 0.2) is 6.07 Å². The average molecular weight is 462 g/mol. The van der Waals surface area contributed by atoms with Crippen LogP contribution in [0.3, 0.4) is 0 Å². The minimum atomic E-state index is -0.688. The van der Waals surface area contributed by atoms with Crippen molar-refractivity contribution in [2.24, 2.45) is 0 Å². The molecular weight excluding hydrogens is 443 g/mol. The van der Waals surface area contributed by atoms with E-state index in [1.165, 1.54) is 13.2 Å². The lowest BCUT2D eigenvalue weighted by Gasteiger charge is -2.26. The lowest BCUT2D eigenvalue weighted by Crippen LogP contribution is -2.26. The van der Waals surface area contributed by atoms with Crippen molar-refractivity contribution in [2.45, 2.75) is 39.2 Å². The highest BCUT2D eigenvalue weighted by Crippen LogP contribution is 2.51. The fourth-order valence-electron chi connectivity index (χ4n) is 3.24. The molecule has 0 fully saturated rings. The Morgan fingerprint density at radius 1 is 1.14 bits per heavy atom. The largest absolute Gasteiger partial charge is 0.505 e. The third kappa shape index (κ3) is 3.77. The van der Waals surface area contributed by atoms with Crippen molar-refractivity contribution < 1.29 is 29.2 Å². The minimum Gasteiger partial charge on any atom is -0.505 e. The molecule has 0 aromatic heterocycles. The van der Waals surface area contributed by atoms with Gasteiger partial charge in [0.1, 0.15) is 22.4 Å². The molecule has 0 saturated carbocycles. The van der Waals surface area contributed by atoms with Crippen LogP contribution < -0.4 is 9.47 Å². The van der Waals surface area contributed by atoms with Crippen LogP contribution in [-0.4, -0.2) is 29.4 Å². The molecule has 0 spiro atoms. The van der Waals surface area contributed by atoms with Gasteiger partial charge in [0.2, 0.25) is 0 Å². The first-order valence-electron chi connectivity index (χ1n) is 8.91. The molecular formula is C20H19Cl3O6. The summed E-state index contributed by atoms with van der Waals surface area (Å²) in [4.78, 5) is 12.5. The van der Waals surface area contributed by atoms with Crippen molar-refractivity contribution in [1.29, 1.82) is 0 Å². The second kappa shape index (κ2) is 8.38. The summed E-state index contributed by atoms with van der Waals surface area (Å²) in [5.41, 5.74) is 0.797. The predicted molar refractivity (Wildman–Crippen MR) is 110 cm³/mol. The Labute approximate surface area is 182 Å². The third-order valence-corrected chi connectivity index (χ3v) is 5.78. The molecule has 0 unspecified atom stereocenters. The van der Waals surface area contributed by atoms with Gasteiger partial charge < -0.3 is 24.4 Å². The van der Waals surface area contributed by atoms with Crippen molar-refractivity contribution in [3.8, 4) is 28.7 Å². The topological polar surface area (TPSA) is 85.2 Å². The molecule has 2 aromatic carbocycles. The van der Waals surface area contributed by atoms with Crippen molar-refractivity contribution >= 4 is 40.8 Å². The number of phenolic OH excluding ortho intramolecular Hbond substituents is 2. The van der Waals surface area contributed by atoms with Crippen LogP contribution in [0.2, 0.25) is 15.1 Å². The van der Waals surface area contributed by atoms with Crippen LogP contribution in [-0.2, 0) is 17.6 Å². The Balaban J connectivity index is 2.22. The number of hydrogen-bond donors (Lipinski definition) is 2. The van der Waals surface area contributed by atoms with E-state index >= 15 is 0 Å². The summed E-state index contributed by atoms with van der Waals surface area (Å²) >= 11 is 18.7. The summed E-state index contributed by atoms with van der Waals surface area (Å²) < 4.78 is 16.4. The van der Waals surface area contributed by atoms with Gasteiger partial charge in [0.05, 0.1) is 17.2 Å². The van der Waals surface area contributed by atoms with Crippen LogP contribution in [0.1, 0.15) is 41.8 Å². The molecule has 0 bridgehead atoms. The van der Waals surface area contributed by atoms with Crippen LogP contribution in [0.4, 0.5) is 0 Å². The van der Waals surface area contributed by atoms with Crippen LogP contribution in [0, 0.1) is 0 Å². The molecule has 29 heavy (non-hydrogen) atoms. The lowest BCUT2D eigenvalue weighted by atomic mass is 9.97. The molecule has 156 valence electrons. The molecule has 3 rings (SSSR count). The molecule has 0 radical (unpaired) electrons. The lowest BCUT2D eigenvalue weighted by molar-refractivity contribution is 0.0297. The highest BCUT2D eigenvalue weighted by Gasteiger charge is 2.34. The summed E-state index contributed by atoms with van der Waals surface area (Å²) in [6, 6.07) is 1.38. The van der Waals surface area contributed by atoms with Crippen LogP contribution in [0.25, 0.3) is 0 Å². The first-order valence-corrected chi connectivity index (χ1v) is 10.0. The zero-order valence-electron chi connectivity index (χ0n) is 15.9. The third-order valence-electron chi connectivity index (χ3n) is 4.61. The summed E-state index contributed by atoms with van der Waals surface area (Å²) in [7, 11) is 1.43. The second-order valence-electron chi connectivity index (χ2n) is 6.65. The average Bonchev–Trinajstić information content (AvgIpc) is 2.68. The number of benzene rings is 2. The Morgan fingerprint density at radius 3 is 2.45 bits per heavy atom. The maximum atomic E-state index is 12.5. The van der Waals surface area contributed by atoms with E-state index in [-0.39, 0.29) is 50.1 Å². The highest BCUT2D eigenvalue weighted by atomic mass is 35.5. The molecule has 0 amide bonds. The van der Waals surface area contributed by atoms with E-state index in [2.05, 4.69) is 0 Å². The smallest absolute Gasteiger partial charge is 0.342 e. The summed E-state index contributed by atoms with van der Waals surface area (Å²) in [5, 5.41) is 21.0. The molecule has 1 aliphatic heterocycles. The maximum absolute atomic E-state index is 12.5. The standard InChI is InChI=1S/C20H19Cl3O6/c1-4-5-9-14(21)11(27-3)7-12(17(9)24)29-19-13-10(6-8(2)28-20(13)26)15(22)18(25)16(19)23/h7-8,24-25H,4-6H2,1-3H3/t8-/m1/s1. The number of fused-ring (bicyclic) bond motifs is 1. The fraction of sp³-hybridized carbons (Fsp3) is 0.350. The number of hydrogen-bond acceptors (Lipinski definition) is 6. The molecule has 2 N–H and O–H groups in total. The predicted octanol–water partition coefficient (Wildman–Crippen LogP) is 5.91. The first kappa shape index (κ1) is 21.7. The number of halogens is 3. The number of aromatic hydroxyl groups is 2. The van der Waals surface area contributed by atoms with Gasteiger partial charge in [-0.3, -0.25) is 0 Å². The van der Waals surface area contributed by atoms with E-state index in [4.69, 9.17) is 49.0 Å². The Hall–Kier alpha value is -2.02. The number of phenols is 2. The number of carbonyl (C=O) groups is 1. The summed E-state index contributed by atoms with van der Waals surface area (Å²) in [6.45, 7) is 3.63. The monoisotopic (exact) mass is 460 g/mol. The minimum absolute atomic E-state index is 0.00117. The highest BCUT2D eigenvalue weighted by molar-refractivity contribution is 6.39. The molecule has 2 aromatic rings. The number of esters is 1. The molecule has 1 atom stereocenters. The van der Waals surface area contributed by atoms with Crippen molar-refractivity contribution in [2.75, 3.05) is 7.11 Å². The van der Waals surface area contributed by atoms with E-state index in [9.17, 15) is 15.0 Å². The molecule has 1 aliphatic rings. The van der Waals surface area contributed by atoms with Gasteiger partial charge in [-0.1, -0.05) is 48.1 Å². The van der Waals surface area contributed by atoms with Crippen molar-refractivity contribution in [3.05, 3.63) is 37.8 Å². The van der Waals surface area contributed by atoms with Gasteiger partial charge in [-0.25, -0.2) is 4.79 Å². The summed E-state index contributed by atoms with van der Waals surface area (Å²) in [5.74, 6) is -1.24. The molecule has 0 aliphatic carbocycles. The van der Waals surface area contributed by atoms with Gasteiger partial charge in [0, 0.05) is 18.1 Å². The Bertz CT molecular complexity index is 989. The zero-order chi connectivity index (χ0) is 21.5. The normalized spacial score (nSPS) is 15.7. The van der Waals surface area contributed by atoms with Gasteiger partial charge in [0.25, 0.3) is 0 Å². The van der Waals surface area contributed by atoms with Gasteiger partial charge in [-0.2, -0.15) is 0 Å². The van der Waals surface area contributed by atoms with E-state index in [1.54, 1.807) is 6.92 Å². The number of ether oxygens (including phenoxy) is 3. The van der Waals surface area contributed by atoms with Gasteiger partial charge >= 0.3 is 5.97 Å². The van der Waals surface area contributed by atoms with Crippen LogP contribution in [0.5, 0.6) is 28.7 Å². The maximum Gasteiger partial charge on any atom is 0.342 e. The van der Waals surface area contributed by atoms with E-state index < -0.39 is 17.8 Å². The number of methoxy groups -OCH3 is 1. The molecule has 1 heterocycles. The second-order valence-corrected chi connectivity index (χ2v) is 7.78. The SMILES string of the molecule is CCCc1c(O)c(Oc2c(Cl)c(O)c(Cl)c3c2C(=O)O[C@H](C)C3)cc(OC)c1Cl. The first-order chi connectivity index (χ1) is 13.7. The van der Waals surface area contributed by atoms with Crippen LogP contribution >= 0.6 is 34.8 Å². The molecule has 6 nitrogen and oxygen atoms in total. The number of cyclic esters (lactones) is 1. The molecule has 9 heteroatoms. The number of carbonyl (C=O) groups excluding carboxylic acids is 1. The van der Waals surface area contributed by atoms with Gasteiger partial charge in [-0.15, -0.1) is 0 Å². The summed E-state index contributed by atoms with van der Waals surface area (Å²) in [6.07, 6.45) is 1.02. The number of rotatable bonds is 5. The van der Waals surface area contributed by atoms with Gasteiger partial charge in [0.15, 0.2) is 23.0 Å². The van der Waals surface area contributed by atoms with Crippen molar-refractivity contribution in [1.82, 2.24) is 0 Å².